The third-order valence-electron chi connectivity index (χ3n) is 7.26. The number of carbonyl (C=O) groups is 3. The zero-order valence-corrected chi connectivity index (χ0v) is 25.4. The van der Waals surface area contributed by atoms with E-state index in [0.717, 1.165) is 16.1 Å². The summed E-state index contributed by atoms with van der Waals surface area (Å²) in [5, 5.41) is 1.76. The van der Waals surface area contributed by atoms with Crippen LogP contribution in [-0.4, -0.2) is 71.8 Å². The van der Waals surface area contributed by atoms with Gasteiger partial charge < -0.3 is 14.4 Å². The number of pyridine rings is 1. The van der Waals surface area contributed by atoms with Gasteiger partial charge in [-0.2, -0.15) is 5.01 Å². The number of ether oxygens (including phenoxy) is 2. The quantitative estimate of drug-likeness (QED) is 0.288. The Kier molecular flexibility index (Phi) is 9.10. The van der Waals surface area contributed by atoms with E-state index in [0.29, 0.717) is 60.6 Å². The molecular formula is C34H37N5O5. The van der Waals surface area contributed by atoms with E-state index in [4.69, 9.17) is 14.5 Å². The van der Waals surface area contributed by atoms with Crippen molar-refractivity contribution in [2.24, 2.45) is 0 Å². The van der Waals surface area contributed by atoms with Gasteiger partial charge in [0.2, 0.25) is 0 Å². The lowest BCUT2D eigenvalue weighted by atomic mass is 9.95. The molecule has 3 amide bonds. The lowest BCUT2D eigenvalue weighted by molar-refractivity contribution is 0.0139. The Bertz CT molecular complexity index is 1630. The molecule has 1 fully saturated rings. The van der Waals surface area contributed by atoms with Crippen LogP contribution < -0.4 is 10.4 Å². The molecular weight excluding hydrogens is 558 g/mol. The lowest BCUT2D eigenvalue weighted by Gasteiger charge is -2.36. The minimum atomic E-state index is -0.731. The number of benzene rings is 3. The standard InChI is InChI=1S/C34H37N5O5/c1-34(2,3)44-32(41)38-21-19-37(20-22-38)23-27-29(31(40)36-39(33(42)43-4)25-15-9-6-10-16-25)26-17-11-12-18-28(26)35-30(27)24-13-7-5-8-14-24/h5-18H,19-23H2,1-4H3,(H,36,40). The number of amides is 3. The second kappa shape index (κ2) is 13.1. The maximum atomic E-state index is 14.3. The van der Waals surface area contributed by atoms with Gasteiger partial charge in [0.15, 0.2) is 0 Å². The van der Waals surface area contributed by atoms with Gasteiger partial charge in [-0.1, -0.05) is 66.7 Å². The molecule has 5 rings (SSSR count). The van der Waals surface area contributed by atoms with Crippen molar-refractivity contribution in [1.82, 2.24) is 20.2 Å². The van der Waals surface area contributed by atoms with Crippen molar-refractivity contribution in [3.63, 3.8) is 0 Å². The van der Waals surface area contributed by atoms with Gasteiger partial charge in [-0.05, 0) is 39.0 Å². The number of anilines is 1. The van der Waals surface area contributed by atoms with Crippen molar-refractivity contribution >= 4 is 34.7 Å². The summed E-state index contributed by atoms with van der Waals surface area (Å²) in [6, 6.07) is 26.0. The smallest absolute Gasteiger partial charge is 0.433 e. The van der Waals surface area contributed by atoms with E-state index in [1.807, 2.05) is 81.4 Å². The Hall–Kier alpha value is -4.96. The first-order chi connectivity index (χ1) is 21.1. The van der Waals surface area contributed by atoms with Crippen LogP contribution >= 0.6 is 0 Å². The highest BCUT2D eigenvalue weighted by atomic mass is 16.6. The Morgan fingerprint density at radius 3 is 2.11 bits per heavy atom. The van der Waals surface area contributed by atoms with E-state index in [2.05, 4.69) is 10.3 Å². The predicted octanol–water partition coefficient (Wildman–Crippen LogP) is 5.87. The van der Waals surface area contributed by atoms with Gasteiger partial charge in [-0.3, -0.25) is 15.1 Å². The molecule has 1 saturated heterocycles. The Labute approximate surface area is 257 Å². The highest BCUT2D eigenvalue weighted by Gasteiger charge is 2.30. The number of hydrogen-bond donors (Lipinski definition) is 1. The lowest BCUT2D eigenvalue weighted by Crippen LogP contribution is -2.50. The van der Waals surface area contributed by atoms with Crippen LogP contribution in [0, 0.1) is 0 Å². The molecule has 10 heteroatoms. The highest BCUT2D eigenvalue weighted by molar-refractivity contribution is 6.10. The summed E-state index contributed by atoms with van der Waals surface area (Å²) < 4.78 is 10.6. The summed E-state index contributed by atoms with van der Waals surface area (Å²) in [4.78, 5) is 48.8. The molecule has 0 unspecified atom stereocenters. The van der Waals surface area contributed by atoms with E-state index in [9.17, 15) is 14.4 Å². The van der Waals surface area contributed by atoms with Crippen molar-refractivity contribution in [3.05, 3.63) is 96.1 Å². The van der Waals surface area contributed by atoms with E-state index in [-0.39, 0.29) is 6.09 Å². The zero-order valence-electron chi connectivity index (χ0n) is 25.4. The molecule has 1 aromatic heterocycles. The molecule has 0 radical (unpaired) electrons. The molecule has 1 aliphatic heterocycles. The molecule has 10 nitrogen and oxygen atoms in total. The van der Waals surface area contributed by atoms with Crippen LogP contribution in [0.4, 0.5) is 15.3 Å². The normalized spacial score (nSPS) is 13.8. The molecule has 3 aromatic carbocycles. The first kappa shape index (κ1) is 30.5. The number of methoxy groups -OCH3 is 1. The summed E-state index contributed by atoms with van der Waals surface area (Å²) >= 11 is 0. The summed E-state index contributed by atoms with van der Waals surface area (Å²) in [7, 11) is 1.27. The molecule has 0 atom stereocenters. The van der Waals surface area contributed by atoms with Crippen molar-refractivity contribution in [2.45, 2.75) is 32.9 Å². The van der Waals surface area contributed by atoms with Gasteiger partial charge in [0.05, 0.1) is 29.6 Å². The van der Waals surface area contributed by atoms with Crippen LogP contribution in [0.5, 0.6) is 0 Å². The second-order valence-electron chi connectivity index (χ2n) is 11.5. The number of fused-ring (bicyclic) bond motifs is 1. The largest absolute Gasteiger partial charge is 0.451 e. The summed E-state index contributed by atoms with van der Waals surface area (Å²) in [6.07, 6.45) is -1.07. The summed E-state index contributed by atoms with van der Waals surface area (Å²) in [5.41, 5.74) is 6.00. The highest BCUT2D eigenvalue weighted by Crippen LogP contribution is 2.32. The van der Waals surface area contributed by atoms with Gasteiger partial charge >= 0.3 is 12.2 Å². The Balaban J connectivity index is 1.54. The molecule has 1 N–H and O–H groups in total. The second-order valence-corrected chi connectivity index (χ2v) is 11.5. The Morgan fingerprint density at radius 1 is 0.864 bits per heavy atom. The first-order valence-electron chi connectivity index (χ1n) is 14.6. The van der Waals surface area contributed by atoms with Crippen LogP contribution in [-0.2, 0) is 16.0 Å². The van der Waals surface area contributed by atoms with Crippen LogP contribution in [0.3, 0.4) is 0 Å². The maximum Gasteiger partial charge on any atom is 0.433 e. The van der Waals surface area contributed by atoms with Gasteiger partial charge in [0.1, 0.15) is 5.60 Å². The molecule has 228 valence electrons. The number of hydrazine groups is 1. The number of para-hydroxylation sites is 2. The van der Waals surface area contributed by atoms with Gasteiger partial charge in [0, 0.05) is 49.2 Å². The molecule has 0 aliphatic carbocycles. The number of hydrogen-bond acceptors (Lipinski definition) is 7. The van der Waals surface area contributed by atoms with E-state index < -0.39 is 17.6 Å². The molecule has 2 heterocycles. The number of nitrogens with zero attached hydrogens (tertiary/aromatic N) is 4. The topological polar surface area (TPSA) is 104 Å². The van der Waals surface area contributed by atoms with E-state index in [1.54, 1.807) is 29.2 Å². The maximum absolute atomic E-state index is 14.3. The third-order valence-corrected chi connectivity index (χ3v) is 7.26. The molecule has 0 spiro atoms. The van der Waals surface area contributed by atoms with Gasteiger partial charge in [-0.15, -0.1) is 0 Å². The monoisotopic (exact) mass is 595 g/mol. The summed E-state index contributed by atoms with van der Waals surface area (Å²) in [5.74, 6) is -0.475. The SMILES string of the molecule is COC(=O)N(NC(=O)c1c(CN2CCN(C(=O)OC(C)(C)C)CC2)c(-c2ccccc2)nc2ccccc12)c1ccccc1. The van der Waals surface area contributed by atoms with Gasteiger partial charge in [-0.25, -0.2) is 14.6 Å². The molecule has 44 heavy (non-hydrogen) atoms. The number of nitrogens with one attached hydrogen (secondary N) is 1. The fourth-order valence-electron chi connectivity index (χ4n) is 5.18. The van der Waals surface area contributed by atoms with Crippen LogP contribution in [0.2, 0.25) is 0 Å². The van der Waals surface area contributed by atoms with Crippen molar-refractivity contribution in [3.8, 4) is 11.3 Å². The first-order valence-corrected chi connectivity index (χ1v) is 14.6. The fraction of sp³-hybridized carbons (Fsp3) is 0.294. The number of carbonyl (C=O) groups excluding carboxylic acids is 3. The number of aromatic nitrogens is 1. The third kappa shape index (κ3) is 6.98. The summed E-state index contributed by atoms with van der Waals surface area (Å²) in [6.45, 7) is 8.10. The average Bonchev–Trinajstić information content (AvgIpc) is 3.03. The molecule has 0 saturated carbocycles. The van der Waals surface area contributed by atoms with E-state index >= 15 is 0 Å². The van der Waals surface area contributed by atoms with Crippen LogP contribution in [0.1, 0.15) is 36.7 Å². The van der Waals surface area contributed by atoms with Crippen molar-refractivity contribution in [2.75, 3.05) is 38.3 Å². The van der Waals surface area contributed by atoms with Crippen LogP contribution in [0.15, 0.2) is 84.9 Å². The predicted molar refractivity (Wildman–Crippen MR) is 169 cm³/mol. The minimum Gasteiger partial charge on any atom is -0.451 e. The number of rotatable bonds is 5. The number of piperazine rings is 1. The van der Waals surface area contributed by atoms with Crippen molar-refractivity contribution < 1.29 is 23.9 Å². The molecule has 4 aromatic rings. The van der Waals surface area contributed by atoms with Gasteiger partial charge in [0.25, 0.3) is 5.91 Å². The Morgan fingerprint density at radius 2 is 1.48 bits per heavy atom. The molecule has 1 aliphatic rings. The zero-order chi connectivity index (χ0) is 31.3. The van der Waals surface area contributed by atoms with Crippen molar-refractivity contribution in [1.29, 1.82) is 0 Å². The fourth-order valence-corrected chi connectivity index (χ4v) is 5.18. The van der Waals surface area contributed by atoms with Crippen LogP contribution in [0.25, 0.3) is 22.2 Å². The molecule has 0 bridgehead atoms. The van der Waals surface area contributed by atoms with E-state index in [1.165, 1.54) is 7.11 Å². The minimum absolute atomic E-state index is 0.335. The average molecular weight is 596 g/mol.